The van der Waals surface area contributed by atoms with Gasteiger partial charge in [-0.25, -0.2) is 0 Å². The summed E-state index contributed by atoms with van der Waals surface area (Å²) in [6.45, 7) is 6.27. The van der Waals surface area contributed by atoms with Crippen molar-refractivity contribution >= 4 is 15.9 Å². The second kappa shape index (κ2) is 4.71. The van der Waals surface area contributed by atoms with E-state index < -0.39 is 5.60 Å². The van der Waals surface area contributed by atoms with Gasteiger partial charge in [0.15, 0.2) is 0 Å². The van der Waals surface area contributed by atoms with Crippen molar-refractivity contribution in [1.82, 2.24) is 14.7 Å². The third-order valence-corrected chi connectivity index (χ3v) is 4.27. The van der Waals surface area contributed by atoms with Crippen molar-refractivity contribution in [3.63, 3.8) is 0 Å². The Labute approximate surface area is 111 Å². The van der Waals surface area contributed by atoms with E-state index in [1.54, 1.807) is 10.9 Å². The highest BCUT2D eigenvalue weighted by Crippen LogP contribution is 2.36. The van der Waals surface area contributed by atoms with Crippen molar-refractivity contribution in [3.8, 4) is 0 Å². The maximum Gasteiger partial charge on any atom is 0.110 e. The molecule has 0 aromatic carbocycles. The van der Waals surface area contributed by atoms with E-state index in [-0.39, 0.29) is 0 Å². The lowest BCUT2D eigenvalue weighted by Gasteiger charge is -2.40. The lowest BCUT2D eigenvalue weighted by Crippen LogP contribution is -2.46. The second-order valence-electron chi connectivity index (χ2n) is 5.13. The first-order chi connectivity index (χ1) is 7.94. The second-order valence-corrected chi connectivity index (χ2v) is 5.98. The fraction of sp³-hybridized carbons (Fsp3) is 0.750. The standard InChI is InChI=1S/C12H20BrN3O/c1-9(2)16-6-4-12(17,5-7-16)11-10(13)8-14-15(11)3/h8-9,17H,4-7H2,1-3H3. The summed E-state index contributed by atoms with van der Waals surface area (Å²) in [5.41, 5.74) is 0.163. The van der Waals surface area contributed by atoms with Gasteiger partial charge in [-0.05, 0) is 42.6 Å². The maximum absolute atomic E-state index is 10.8. The number of nitrogens with zero attached hydrogens (tertiary/aromatic N) is 3. The van der Waals surface area contributed by atoms with E-state index in [2.05, 4.69) is 39.8 Å². The summed E-state index contributed by atoms with van der Waals surface area (Å²) in [4.78, 5) is 2.40. The summed E-state index contributed by atoms with van der Waals surface area (Å²) in [7, 11) is 1.88. The number of piperidine rings is 1. The number of aryl methyl sites for hydroxylation is 1. The zero-order valence-corrected chi connectivity index (χ0v) is 12.2. The minimum Gasteiger partial charge on any atom is -0.383 e. The Morgan fingerprint density at radius 1 is 1.41 bits per heavy atom. The Hall–Kier alpha value is -0.390. The van der Waals surface area contributed by atoms with E-state index in [4.69, 9.17) is 0 Å². The van der Waals surface area contributed by atoms with E-state index in [0.29, 0.717) is 6.04 Å². The minimum absolute atomic E-state index is 0.550. The zero-order chi connectivity index (χ0) is 12.6. The molecular weight excluding hydrogens is 282 g/mol. The number of likely N-dealkylation sites (tertiary alicyclic amines) is 1. The van der Waals surface area contributed by atoms with Gasteiger partial charge in [0.05, 0.1) is 16.4 Å². The van der Waals surface area contributed by atoms with Crippen LogP contribution in [0.2, 0.25) is 0 Å². The number of aromatic nitrogens is 2. The van der Waals surface area contributed by atoms with Gasteiger partial charge < -0.3 is 10.0 Å². The van der Waals surface area contributed by atoms with Gasteiger partial charge in [-0.2, -0.15) is 5.10 Å². The maximum atomic E-state index is 10.8. The predicted octanol–water partition coefficient (Wildman–Crippen LogP) is 1.87. The Kier molecular flexibility index (Phi) is 3.61. The predicted molar refractivity (Wildman–Crippen MR) is 70.7 cm³/mol. The molecule has 1 saturated heterocycles. The number of hydrogen-bond donors (Lipinski definition) is 1. The molecule has 5 heteroatoms. The zero-order valence-electron chi connectivity index (χ0n) is 10.6. The van der Waals surface area contributed by atoms with Crippen LogP contribution in [0.4, 0.5) is 0 Å². The van der Waals surface area contributed by atoms with Gasteiger partial charge in [-0.3, -0.25) is 4.68 Å². The molecule has 2 rings (SSSR count). The van der Waals surface area contributed by atoms with Crippen LogP contribution in [0, 0.1) is 0 Å². The van der Waals surface area contributed by atoms with Gasteiger partial charge in [0.2, 0.25) is 0 Å². The average Bonchev–Trinajstić information content (AvgIpc) is 2.59. The fourth-order valence-electron chi connectivity index (χ4n) is 2.58. The topological polar surface area (TPSA) is 41.3 Å². The van der Waals surface area contributed by atoms with Crippen LogP contribution in [-0.2, 0) is 12.6 Å². The quantitative estimate of drug-likeness (QED) is 0.907. The van der Waals surface area contributed by atoms with E-state index in [9.17, 15) is 5.11 Å². The highest BCUT2D eigenvalue weighted by Gasteiger charge is 2.38. The van der Waals surface area contributed by atoms with Crippen molar-refractivity contribution in [2.24, 2.45) is 7.05 Å². The van der Waals surface area contributed by atoms with Crippen molar-refractivity contribution in [3.05, 3.63) is 16.4 Å². The van der Waals surface area contributed by atoms with Gasteiger partial charge in [0.25, 0.3) is 0 Å². The van der Waals surface area contributed by atoms with Crippen molar-refractivity contribution in [2.75, 3.05) is 13.1 Å². The summed E-state index contributed by atoms with van der Waals surface area (Å²) in [6.07, 6.45) is 3.29. The monoisotopic (exact) mass is 301 g/mol. The van der Waals surface area contributed by atoms with Crippen LogP contribution in [0.3, 0.4) is 0 Å². The number of halogens is 1. The molecule has 1 fully saturated rings. The van der Waals surface area contributed by atoms with E-state index >= 15 is 0 Å². The lowest BCUT2D eigenvalue weighted by atomic mass is 9.87. The molecule has 96 valence electrons. The van der Waals surface area contributed by atoms with Crippen LogP contribution in [-0.4, -0.2) is 38.9 Å². The summed E-state index contributed by atoms with van der Waals surface area (Å²) in [5.74, 6) is 0. The van der Waals surface area contributed by atoms with Gasteiger partial charge >= 0.3 is 0 Å². The highest BCUT2D eigenvalue weighted by molar-refractivity contribution is 9.10. The molecule has 0 unspecified atom stereocenters. The van der Waals surface area contributed by atoms with Crippen LogP contribution >= 0.6 is 15.9 Å². The normalized spacial score (nSPS) is 21.1. The van der Waals surface area contributed by atoms with Gasteiger partial charge in [-0.1, -0.05) is 0 Å². The van der Waals surface area contributed by atoms with Gasteiger partial charge in [0.1, 0.15) is 5.60 Å². The number of hydrogen-bond acceptors (Lipinski definition) is 3. The molecule has 1 aliphatic rings. The molecular formula is C12H20BrN3O. The Morgan fingerprint density at radius 2 is 2.00 bits per heavy atom. The van der Waals surface area contributed by atoms with Gasteiger partial charge in [-0.15, -0.1) is 0 Å². The molecule has 4 nitrogen and oxygen atoms in total. The Balaban J connectivity index is 2.18. The molecule has 1 N–H and O–H groups in total. The molecule has 1 aliphatic heterocycles. The van der Waals surface area contributed by atoms with Gasteiger partial charge in [0, 0.05) is 26.2 Å². The molecule has 17 heavy (non-hydrogen) atoms. The van der Waals surface area contributed by atoms with E-state index in [1.165, 1.54) is 0 Å². The third kappa shape index (κ3) is 2.41. The first-order valence-corrected chi connectivity index (χ1v) is 6.88. The lowest BCUT2D eigenvalue weighted by molar-refractivity contribution is -0.0387. The molecule has 0 bridgehead atoms. The van der Waals surface area contributed by atoms with Crippen LogP contribution in [0.1, 0.15) is 32.4 Å². The molecule has 0 radical (unpaired) electrons. The summed E-state index contributed by atoms with van der Waals surface area (Å²) in [6, 6.07) is 0.550. The first-order valence-electron chi connectivity index (χ1n) is 6.08. The Morgan fingerprint density at radius 3 is 2.41 bits per heavy atom. The average molecular weight is 302 g/mol. The molecule has 0 saturated carbocycles. The SMILES string of the molecule is CC(C)N1CCC(O)(c2c(Br)cnn2C)CC1. The number of rotatable bonds is 2. The largest absolute Gasteiger partial charge is 0.383 e. The van der Waals surface area contributed by atoms with Crippen molar-refractivity contribution in [2.45, 2.75) is 38.3 Å². The molecule has 0 atom stereocenters. The summed E-state index contributed by atoms with van der Waals surface area (Å²) < 4.78 is 2.68. The number of aliphatic hydroxyl groups is 1. The fourth-order valence-corrected chi connectivity index (χ4v) is 3.30. The minimum atomic E-state index is -0.741. The summed E-state index contributed by atoms with van der Waals surface area (Å²) >= 11 is 3.47. The van der Waals surface area contributed by atoms with Crippen molar-refractivity contribution < 1.29 is 5.11 Å². The Bertz CT molecular complexity index is 375. The van der Waals surface area contributed by atoms with Crippen LogP contribution < -0.4 is 0 Å². The molecule has 0 aliphatic carbocycles. The van der Waals surface area contributed by atoms with E-state index in [1.807, 2.05) is 7.05 Å². The molecule has 1 aromatic heterocycles. The smallest absolute Gasteiger partial charge is 0.110 e. The molecule has 0 spiro atoms. The molecule has 0 amide bonds. The third-order valence-electron chi connectivity index (χ3n) is 3.69. The van der Waals surface area contributed by atoms with Crippen LogP contribution in [0.15, 0.2) is 10.7 Å². The van der Waals surface area contributed by atoms with E-state index in [0.717, 1.165) is 36.1 Å². The molecule has 1 aromatic rings. The summed E-state index contributed by atoms with van der Waals surface area (Å²) in [5, 5.41) is 15.0. The molecule has 2 heterocycles. The first kappa shape index (κ1) is 13.1. The highest BCUT2D eigenvalue weighted by atomic mass is 79.9. The van der Waals surface area contributed by atoms with Crippen LogP contribution in [0.25, 0.3) is 0 Å². The van der Waals surface area contributed by atoms with Crippen LogP contribution in [0.5, 0.6) is 0 Å². The van der Waals surface area contributed by atoms with Crippen molar-refractivity contribution in [1.29, 1.82) is 0 Å².